The van der Waals surface area contributed by atoms with E-state index in [0.717, 1.165) is 35.9 Å². The first-order chi connectivity index (χ1) is 25.3. The van der Waals surface area contributed by atoms with Crippen molar-refractivity contribution in [3.05, 3.63) is 151 Å². The molecule has 0 aliphatic carbocycles. The molecule has 280 valence electrons. The molecule has 0 saturated heterocycles. The SMILES string of the molecule is CCOC(=O)C(C(=O)OCc1ccccc1)c1ccc([N+](=O)[O-])c(F)c1.CCOC(=O)CC(=O)OCc1ccccc1.O=[N+]([O-])c1ccc(F)cc1F. The van der Waals surface area contributed by atoms with Gasteiger partial charge >= 0.3 is 35.3 Å². The van der Waals surface area contributed by atoms with Crippen molar-refractivity contribution in [1.29, 1.82) is 0 Å². The van der Waals surface area contributed by atoms with Gasteiger partial charge in [-0.1, -0.05) is 66.7 Å². The largest absolute Gasteiger partial charge is 0.466 e. The average molecular weight is 743 g/mol. The first kappa shape index (κ1) is 42.5. The van der Waals surface area contributed by atoms with Crippen molar-refractivity contribution in [2.45, 2.75) is 39.4 Å². The normalized spacial score (nSPS) is 10.5. The molecule has 0 spiro atoms. The molecule has 0 aliphatic heterocycles. The van der Waals surface area contributed by atoms with Crippen molar-refractivity contribution >= 4 is 35.3 Å². The summed E-state index contributed by atoms with van der Waals surface area (Å²) in [6.45, 7) is 3.62. The number of hydrogen-bond donors (Lipinski definition) is 0. The second-order valence-electron chi connectivity index (χ2n) is 10.2. The lowest BCUT2D eigenvalue weighted by Gasteiger charge is -2.15. The summed E-state index contributed by atoms with van der Waals surface area (Å²) in [5, 5.41) is 20.7. The van der Waals surface area contributed by atoms with Gasteiger partial charge in [0.25, 0.3) is 0 Å². The van der Waals surface area contributed by atoms with Gasteiger partial charge in [-0.2, -0.15) is 8.78 Å². The van der Waals surface area contributed by atoms with Gasteiger partial charge in [0, 0.05) is 18.2 Å². The van der Waals surface area contributed by atoms with E-state index in [2.05, 4.69) is 4.74 Å². The smallest absolute Gasteiger partial charge is 0.325 e. The van der Waals surface area contributed by atoms with Gasteiger partial charge in [0.15, 0.2) is 5.92 Å². The molecule has 0 saturated carbocycles. The van der Waals surface area contributed by atoms with E-state index in [1.807, 2.05) is 30.3 Å². The van der Waals surface area contributed by atoms with E-state index < -0.39 is 68.5 Å². The third-order valence-electron chi connectivity index (χ3n) is 6.43. The van der Waals surface area contributed by atoms with Crippen LogP contribution in [0.25, 0.3) is 0 Å². The summed E-state index contributed by atoms with van der Waals surface area (Å²) in [5.41, 5.74) is 0.0445. The molecule has 4 rings (SSSR count). The van der Waals surface area contributed by atoms with E-state index in [1.54, 1.807) is 44.2 Å². The van der Waals surface area contributed by atoms with E-state index >= 15 is 0 Å². The molecule has 0 heterocycles. The number of benzene rings is 4. The molecule has 53 heavy (non-hydrogen) atoms. The second-order valence-corrected chi connectivity index (χ2v) is 10.2. The zero-order valence-corrected chi connectivity index (χ0v) is 28.3. The molecule has 0 aromatic heterocycles. The quantitative estimate of drug-likeness (QED) is 0.0465. The van der Waals surface area contributed by atoms with Crippen molar-refractivity contribution in [3.8, 4) is 0 Å². The molecule has 1 unspecified atom stereocenters. The Morgan fingerprint density at radius 3 is 1.53 bits per heavy atom. The zero-order chi connectivity index (χ0) is 39.3. The summed E-state index contributed by atoms with van der Waals surface area (Å²) in [5.74, 6) is -7.64. The Morgan fingerprint density at radius 2 is 1.06 bits per heavy atom. The van der Waals surface area contributed by atoms with Crippen molar-refractivity contribution in [2.24, 2.45) is 0 Å². The van der Waals surface area contributed by atoms with E-state index in [1.165, 1.54) is 0 Å². The third-order valence-corrected chi connectivity index (χ3v) is 6.43. The van der Waals surface area contributed by atoms with Crippen molar-refractivity contribution in [1.82, 2.24) is 0 Å². The van der Waals surface area contributed by atoms with Gasteiger partial charge < -0.3 is 18.9 Å². The van der Waals surface area contributed by atoms with Crippen LogP contribution in [0, 0.1) is 37.7 Å². The number of carbonyl (C=O) groups is 4. The number of hydrogen-bond acceptors (Lipinski definition) is 12. The topological polar surface area (TPSA) is 191 Å². The number of halogens is 3. The van der Waals surface area contributed by atoms with Crippen LogP contribution in [0.3, 0.4) is 0 Å². The molecule has 0 radical (unpaired) electrons. The lowest BCUT2D eigenvalue weighted by Crippen LogP contribution is -2.26. The van der Waals surface area contributed by atoms with E-state index in [9.17, 15) is 52.6 Å². The van der Waals surface area contributed by atoms with Crippen LogP contribution in [0.4, 0.5) is 24.5 Å². The first-order valence-corrected chi connectivity index (χ1v) is 15.5. The monoisotopic (exact) mass is 742 g/mol. The first-order valence-electron chi connectivity index (χ1n) is 15.5. The number of carbonyl (C=O) groups excluding carboxylic acids is 4. The van der Waals surface area contributed by atoms with Crippen LogP contribution >= 0.6 is 0 Å². The summed E-state index contributed by atoms with van der Waals surface area (Å²) in [4.78, 5) is 65.5. The van der Waals surface area contributed by atoms with Crippen LogP contribution in [0.2, 0.25) is 0 Å². The maximum absolute atomic E-state index is 13.9. The number of nitro groups is 2. The molecule has 4 aromatic rings. The number of rotatable bonds is 13. The van der Waals surface area contributed by atoms with Crippen LogP contribution < -0.4 is 0 Å². The number of nitro benzene ring substituents is 2. The summed E-state index contributed by atoms with van der Waals surface area (Å²) in [7, 11) is 0. The third kappa shape index (κ3) is 15.0. The van der Waals surface area contributed by atoms with Gasteiger partial charge in [0.05, 0.1) is 23.1 Å². The van der Waals surface area contributed by atoms with Crippen LogP contribution in [0.15, 0.2) is 97.1 Å². The Labute approximate surface area is 300 Å². The van der Waals surface area contributed by atoms with Crippen LogP contribution in [0.1, 0.15) is 42.9 Å². The van der Waals surface area contributed by atoms with Crippen LogP contribution in [-0.4, -0.2) is 46.9 Å². The maximum Gasteiger partial charge on any atom is 0.325 e. The predicted molar refractivity (Wildman–Crippen MR) is 179 cm³/mol. The van der Waals surface area contributed by atoms with Crippen molar-refractivity contribution < 1.29 is 61.1 Å². The summed E-state index contributed by atoms with van der Waals surface area (Å²) in [6, 6.07) is 22.9. The van der Waals surface area contributed by atoms with Gasteiger partial charge in [-0.25, -0.2) is 4.39 Å². The zero-order valence-electron chi connectivity index (χ0n) is 28.3. The highest BCUT2D eigenvalue weighted by molar-refractivity contribution is 6.00. The minimum atomic E-state index is -1.53. The van der Waals surface area contributed by atoms with Crippen LogP contribution in [0.5, 0.6) is 0 Å². The average Bonchev–Trinajstić information content (AvgIpc) is 3.11. The highest BCUT2D eigenvalue weighted by atomic mass is 19.1. The molecule has 0 aliphatic rings. The van der Waals surface area contributed by atoms with E-state index in [0.29, 0.717) is 11.6 Å². The second kappa shape index (κ2) is 22.2. The Balaban J connectivity index is 0.000000305. The number of esters is 4. The number of nitrogens with zero attached hydrogens (tertiary/aromatic N) is 2. The molecule has 14 nitrogen and oxygen atoms in total. The fourth-order valence-corrected chi connectivity index (χ4v) is 4.01. The summed E-state index contributed by atoms with van der Waals surface area (Å²) < 4.78 is 58.0. The van der Waals surface area contributed by atoms with Gasteiger partial charge in [-0.3, -0.25) is 39.4 Å². The predicted octanol–water partition coefficient (Wildman–Crippen LogP) is 6.68. The van der Waals surface area contributed by atoms with E-state index in [4.69, 9.17) is 14.2 Å². The van der Waals surface area contributed by atoms with Crippen LogP contribution in [-0.2, 0) is 51.3 Å². The van der Waals surface area contributed by atoms with Gasteiger partial charge in [-0.15, -0.1) is 0 Å². The number of ether oxygens (including phenoxy) is 4. The fourth-order valence-electron chi connectivity index (χ4n) is 4.01. The summed E-state index contributed by atoms with van der Waals surface area (Å²) >= 11 is 0. The van der Waals surface area contributed by atoms with Gasteiger partial charge in [-0.05, 0) is 42.7 Å². The molecule has 0 amide bonds. The standard InChI is InChI=1S/C18H16FNO6.C12H14O4.C6H3F2NO2/c1-2-25-17(21)16(13-8-9-15(20(23)24)14(19)10-13)18(22)26-11-12-6-4-3-5-7-12;1-2-15-11(13)8-12(14)16-9-10-6-4-3-5-7-10;7-4-1-2-6(9(10)11)5(8)3-4/h3-10,16H,2,11H2,1H3;3-7H,2,8-9H2,1H3;1-3H. The fraction of sp³-hybridized carbons (Fsp3) is 0.222. The lowest BCUT2D eigenvalue weighted by molar-refractivity contribution is -0.387. The maximum atomic E-state index is 13.9. The van der Waals surface area contributed by atoms with Gasteiger partial charge in [0.1, 0.15) is 25.5 Å². The highest BCUT2D eigenvalue weighted by Crippen LogP contribution is 2.26. The Hall–Kier alpha value is -6.65. The minimum Gasteiger partial charge on any atom is -0.466 e. The molecule has 0 N–H and O–H groups in total. The lowest BCUT2D eigenvalue weighted by atomic mass is 9.98. The van der Waals surface area contributed by atoms with Crippen molar-refractivity contribution in [2.75, 3.05) is 13.2 Å². The molecule has 0 bridgehead atoms. The molecule has 0 fully saturated rings. The van der Waals surface area contributed by atoms with E-state index in [-0.39, 0.29) is 38.4 Å². The van der Waals surface area contributed by atoms with Crippen molar-refractivity contribution in [3.63, 3.8) is 0 Å². The highest BCUT2D eigenvalue weighted by Gasteiger charge is 2.33. The minimum absolute atomic E-state index is 0.0107. The van der Waals surface area contributed by atoms with Gasteiger partial charge in [0.2, 0.25) is 11.6 Å². The molecule has 1 atom stereocenters. The Bertz CT molecular complexity index is 1860. The summed E-state index contributed by atoms with van der Waals surface area (Å²) in [6.07, 6.45) is -0.333. The molecule has 17 heteroatoms. The Morgan fingerprint density at radius 1 is 0.604 bits per heavy atom. The molecular formula is C36H33F3N2O12. The molecular weight excluding hydrogens is 709 g/mol. The molecule has 4 aromatic carbocycles. The Kier molecular flexibility index (Phi) is 17.8.